The van der Waals surface area contributed by atoms with Gasteiger partial charge >= 0.3 is 6.09 Å². The highest BCUT2D eigenvalue weighted by molar-refractivity contribution is 6.30. The maximum absolute atomic E-state index is 12.3. The number of halogens is 1. The van der Waals surface area contributed by atoms with Gasteiger partial charge in [0.05, 0.1) is 12.5 Å². The molecule has 2 aliphatic rings. The molecule has 0 unspecified atom stereocenters. The number of carbonyl (C=O) groups excluding carboxylic acids is 1. The molecular weight excluding hydrogens is 432 g/mol. The zero-order valence-corrected chi connectivity index (χ0v) is 19.9. The first-order chi connectivity index (χ1) is 15.1. The number of carbonyl (C=O) groups is 1. The molecule has 8 nitrogen and oxygen atoms in total. The highest BCUT2D eigenvalue weighted by Crippen LogP contribution is 2.44. The minimum atomic E-state index is -0.930. The van der Waals surface area contributed by atoms with Crippen LogP contribution in [0.25, 0.3) is 0 Å². The molecular formula is C23H31ClN4O4. The van der Waals surface area contributed by atoms with Crippen LogP contribution in [0.3, 0.4) is 0 Å². The normalized spacial score (nSPS) is 20.6. The summed E-state index contributed by atoms with van der Waals surface area (Å²) >= 11 is 6.44. The standard InChI is InChI=1S/C23H31ClN4O4/c1-14(2)31-22(29)28-8-7-27(12-15(28)3)13-18-10-19(24)9-17(16(18)4)11-20-25-26-21(32-20)23(30)5-6-23/h9-10,14-15,30H,5-8,11-13H2,1-4H3/t15-/m0/s1. The zero-order valence-electron chi connectivity index (χ0n) is 19.1. The molecule has 1 aromatic carbocycles. The van der Waals surface area contributed by atoms with Crippen molar-refractivity contribution in [2.75, 3.05) is 19.6 Å². The van der Waals surface area contributed by atoms with E-state index in [9.17, 15) is 9.90 Å². The number of aromatic nitrogens is 2. The lowest BCUT2D eigenvalue weighted by atomic mass is 9.99. The molecule has 174 valence electrons. The number of rotatable bonds is 6. The molecule has 1 amide bonds. The highest BCUT2D eigenvalue weighted by atomic mass is 35.5. The van der Waals surface area contributed by atoms with E-state index in [1.165, 1.54) is 0 Å². The number of piperazine rings is 1. The van der Waals surface area contributed by atoms with Crippen LogP contribution in [-0.4, -0.2) is 63.0 Å². The Morgan fingerprint density at radius 3 is 2.69 bits per heavy atom. The molecule has 1 N–H and O–H groups in total. The van der Waals surface area contributed by atoms with Crippen LogP contribution in [0.2, 0.25) is 5.02 Å². The van der Waals surface area contributed by atoms with Crippen LogP contribution in [0.5, 0.6) is 0 Å². The summed E-state index contributed by atoms with van der Waals surface area (Å²) in [6.45, 7) is 10.8. The fraction of sp³-hybridized carbons (Fsp3) is 0.609. The van der Waals surface area contributed by atoms with E-state index >= 15 is 0 Å². The Kier molecular flexibility index (Phi) is 6.47. The molecule has 1 aliphatic heterocycles. The monoisotopic (exact) mass is 462 g/mol. The molecule has 1 atom stereocenters. The third-order valence-electron chi connectivity index (χ3n) is 6.19. The van der Waals surface area contributed by atoms with Gasteiger partial charge in [0.25, 0.3) is 0 Å². The summed E-state index contributed by atoms with van der Waals surface area (Å²) in [4.78, 5) is 16.4. The number of amides is 1. The number of ether oxygens (including phenoxy) is 1. The Balaban J connectivity index is 1.43. The topological polar surface area (TPSA) is 91.9 Å². The Bertz CT molecular complexity index is 988. The van der Waals surface area contributed by atoms with Gasteiger partial charge in [-0.15, -0.1) is 10.2 Å². The highest BCUT2D eigenvalue weighted by Gasteiger charge is 2.47. The van der Waals surface area contributed by atoms with Gasteiger partial charge < -0.3 is 19.2 Å². The molecule has 1 aliphatic carbocycles. The lowest BCUT2D eigenvalue weighted by Gasteiger charge is -2.39. The Hall–Kier alpha value is -2.16. The number of aliphatic hydroxyl groups is 1. The third-order valence-corrected chi connectivity index (χ3v) is 6.41. The number of hydrogen-bond donors (Lipinski definition) is 1. The average Bonchev–Trinajstić information content (AvgIpc) is 3.28. The molecule has 4 rings (SSSR count). The van der Waals surface area contributed by atoms with Gasteiger partial charge in [-0.05, 0) is 69.4 Å². The SMILES string of the molecule is Cc1c(Cc2nnc(C3(O)CC3)o2)cc(Cl)cc1CN1CCN(C(=O)OC(C)C)[C@@H](C)C1. The van der Waals surface area contributed by atoms with E-state index in [1.54, 1.807) is 4.90 Å². The van der Waals surface area contributed by atoms with E-state index in [2.05, 4.69) is 22.0 Å². The van der Waals surface area contributed by atoms with E-state index in [0.29, 0.717) is 42.6 Å². The second-order valence-corrected chi connectivity index (χ2v) is 9.70. The van der Waals surface area contributed by atoms with Crippen LogP contribution >= 0.6 is 11.6 Å². The molecule has 1 saturated carbocycles. The first kappa shape index (κ1) is 23.0. The van der Waals surface area contributed by atoms with Crippen molar-refractivity contribution in [3.05, 3.63) is 45.6 Å². The van der Waals surface area contributed by atoms with Gasteiger partial charge in [0.15, 0.2) is 0 Å². The lowest BCUT2D eigenvalue weighted by molar-refractivity contribution is 0.0349. The van der Waals surface area contributed by atoms with Crippen LogP contribution in [-0.2, 0) is 23.3 Å². The van der Waals surface area contributed by atoms with Gasteiger partial charge in [0.1, 0.15) is 5.60 Å². The summed E-state index contributed by atoms with van der Waals surface area (Å²) in [7, 11) is 0. The van der Waals surface area contributed by atoms with Crippen molar-refractivity contribution in [2.24, 2.45) is 0 Å². The summed E-state index contributed by atoms with van der Waals surface area (Å²) in [6.07, 6.45) is 1.42. The number of hydrogen-bond acceptors (Lipinski definition) is 7. The van der Waals surface area contributed by atoms with Gasteiger partial charge in [-0.2, -0.15) is 0 Å². The maximum atomic E-state index is 12.3. The molecule has 0 radical (unpaired) electrons. The van der Waals surface area contributed by atoms with E-state index in [1.807, 2.05) is 32.9 Å². The third kappa shape index (κ3) is 5.08. The fourth-order valence-electron chi connectivity index (χ4n) is 4.11. The summed E-state index contributed by atoms with van der Waals surface area (Å²) < 4.78 is 11.1. The number of benzene rings is 1. The average molecular weight is 463 g/mol. The van der Waals surface area contributed by atoms with Gasteiger partial charge in [0, 0.05) is 37.2 Å². The minimum Gasteiger partial charge on any atom is -0.447 e. The predicted molar refractivity (Wildman–Crippen MR) is 119 cm³/mol. The van der Waals surface area contributed by atoms with Gasteiger partial charge in [-0.1, -0.05) is 11.6 Å². The van der Waals surface area contributed by atoms with Crippen molar-refractivity contribution in [1.82, 2.24) is 20.0 Å². The maximum Gasteiger partial charge on any atom is 0.410 e. The number of nitrogens with zero attached hydrogens (tertiary/aromatic N) is 4. The van der Waals surface area contributed by atoms with Gasteiger partial charge in [-0.3, -0.25) is 4.90 Å². The molecule has 1 saturated heterocycles. The molecule has 0 spiro atoms. The Morgan fingerprint density at radius 2 is 2.03 bits per heavy atom. The van der Waals surface area contributed by atoms with Gasteiger partial charge in [0.2, 0.25) is 11.8 Å². The van der Waals surface area contributed by atoms with Crippen LogP contribution in [0.1, 0.15) is 62.1 Å². The van der Waals surface area contributed by atoms with Crippen LogP contribution < -0.4 is 0 Å². The molecule has 2 aromatic rings. The quantitative estimate of drug-likeness (QED) is 0.700. The van der Waals surface area contributed by atoms with Crippen molar-refractivity contribution >= 4 is 17.7 Å². The summed E-state index contributed by atoms with van der Waals surface area (Å²) in [5.74, 6) is 0.776. The molecule has 1 aromatic heterocycles. The smallest absolute Gasteiger partial charge is 0.410 e. The molecule has 2 fully saturated rings. The van der Waals surface area contributed by atoms with Crippen molar-refractivity contribution in [3.8, 4) is 0 Å². The van der Waals surface area contributed by atoms with Crippen LogP contribution in [0.15, 0.2) is 16.5 Å². The lowest BCUT2D eigenvalue weighted by Crippen LogP contribution is -2.54. The summed E-state index contributed by atoms with van der Waals surface area (Å²) in [5, 5.41) is 18.9. The van der Waals surface area contributed by atoms with Crippen LogP contribution in [0, 0.1) is 6.92 Å². The zero-order chi connectivity index (χ0) is 23.0. The minimum absolute atomic E-state index is 0.0685. The summed E-state index contributed by atoms with van der Waals surface area (Å²) in [6, 6.07) is 3.99. The molecule has 32 heavy (non-hydrogen) atoms. The first-order valence-electron chi connectivity index (χ1n) is 11.2. The largest absolute Gasteiger partial charge is 0.447 e. The molecule has 2 heterocycles. The molecule has 0 bridgehead atoms. The summed E-state index contributed by atoms with van der Waals surface area (Å²) in [5.41, 5.74) is 2.37. The van der Waals surface area contributed by atoms with Crippen LogP contribution in [0.4, 0.5) is 4.79 Å². The van der Waals surface area contributed by atoms with Crippen molar-refractivity contribution in [1.29, 1.82) is 0 Å². The fourth-order valence-corrected chi connectivity index (χ4v) is 4.37. The van der Waals surface area contributed by atoms with E-state index < -0.39 is 5.60 Å². The second-order valence-electron chi connectivity index (χ2n) is 9.27. The predicted octanol–water partition coefficient (Wildman–Crippen LogP) is 3.65. The van der Waals surface area contributed by atoms with E-state index in [0.717, 1.165) is 36.3 Å². The second kappa shape index (κ2) is 9.00. The Labute approximate surface area is 193 Å². The van der Waals surface area contributed by atoms with Gasteiger partial charge in [-0.25, -0.2) is 4.79 Å². The van der Waals surface area contributed by atoms with E-state index in [-0.39, 0.29) is 18.2 Å². The van der Waals surface area contributed by atoms with E-state index in [4.69, 9.17) is 20.8 Å². The first-order valence-corrected chi connectivity index (χ1v) is 11.5. The Morgan fingerprint density at radius 1 is 1.31 bits per heavy atom. The van der Waals surface area contributed by atoms with Crippen molar-refractivity contribution in [3.63, 3.8) is 0 Å². The van der Waals surface area contributed by atoms with Crippen molar-refractivity contribution in [2.45, 2.75) is 71.2 Å². The van der Waals surface area contributed by atoms with Crippen molar-refractivity contribution < 1.29 is 19.1 Å². The molecule has 9 heteroatoms.